The van der Waals surface area contributed by atoms with E-state index in [1.54, 1.807) is 22.5 Å². The third kappa shape index (κ3) is 4.38. The Morgan fingerprint density at radius 1 is 1.07 bits per heavy atom. The Kier molecular flexibility index (Phi) is 6.61. The van der Waals surface area contributed by atoms with Gasteiger partial charge in [0.1, 0.15) is 0 Å². The van der Waals surface area contributed by atoms with E-state index in [-0.39, 0.29) is 11.4 Å². The van der Waals surface area contributed by atoms with Gasteiger partial charge >= 0.3 is 6.18 Å². The van der Waals surface area contributed by atoms with Crippen molar-refractivity contribution < 1.29 is 27.4 Å². The molecule has 41 heavy (non-hydrogen) atoms. The van der Waals surface area contributed by atoms with Gasteiger partial charge in [0.25, 0.3) is 0 Å². The fourth-order valence-electron chi connectivity index (χ4n) is 6.07. The molecule has 1 aliphatic rings. The molecule has 0 spiro atoms. The summed E-state index contributed by atoms with van der Waals surface area (Å²) in [4.78, 5) is 4.71. The van der Waals surface area contributed by atoms with Crippen LogP contribution >= 0.6 is 0 Å². The van der Waals surface area contributed by atoms with Crippen LogP contribution in [0.15, 0.2) is 54.7 Å². The summed E-state index contributed by atoms with van der Waals surface area (Å²) in [6.07, 6.45) is -2.09. The Labute approximate surface area is 233 Å². The van der Waals surface area contributed by atoms with E-state index in [2.05, 4.69) is 10.3 Å². The molecule has 1 fully saturated rings. The number of nitrogens with zero attached hydrogens (tertiary/aromatic N) is 5. The summed E-state index contributed by atoms with van der Waals surface area (Å²) in [6.45, 7) is 3.43. The number of alkyl halides is 3. The molecule has 1 aliphatic heterocycles. The van der Waals surface area contributed by atoms with Crippen molar-refractivity contribution in [3.8, 4) is 11.3 Å². The Morgan fingerprint density at radius 2 is 1.78 bits per heavy atom. The molecule has 0 radical (unpaired) electrons. The number of ether oxygens (including phenoxy) is 1. The molecule has 7 nitrogen and oxygen atoms in total. The second kappa shape index (κ2) is 9.92. The van der Waals surface area contributed by atoms with Gasteiger partial charge in [-0.15, -0.1) is 5.10 Å². The van der Waals surface area contributed by atoms with E-state index >= 15 is 4.39 Å². The summed E-state index contributed by atoms with van der Waals surface area (Å²) < 4.78 is 67.4. The largest absolute Gasteiger partial charge is 0.421 e. The monoisotopic (exact) mass is 567 g/mol. The standard InChI is InChI=1S/C30H29F4N5O2/c1-17-26(38(3)37-36-17)20-15-23-25(35-16-20)21-9-10-22(29(2,40)30(32,33)34)24(31)28(21)39(23)27(18-7-5-4-6-8-18)19-11-13-41-14-12-19/h4-10,15-16,19,27,40H,11-14H2,1-3H3/t27-,29-/m1/s1. The average molecular weight is 568 g/mol. The number of benzene rings is 2. The minimum Gasteiger partial charge on any atom is -0.381 e. The molecule has 0 aliphatic carbocycles. The lowest BCUT2D eigenvalue weighted by Gasteiger charge is -2.33. The van der Waals surface area contributed by atoms with Crippen LogP contribution in [0.25, 0.3) is 33.2 Å². The Bertz CT molecular complexity index is 1720. The molecule has 3 aromatic heterocycles. The first kappa shape index (κ1) is 27.3. The fraction of sp³-hybridized carbons (Fsp3) is 0.367. The van der Waals surface area contributed by atoms with Crippen molar-refractivity contribution in [1.82, 2.24) is 24.5 Å². The van der Waals surface area contributed by atoms with E-state index < -0.39 is 29.2 Å². The minimum absolute atomic E-state index is 0.0000978. The van der Waals surface area contributed by atoms with Gasteiger partial charge in [-0.3, -0.25) is 4.98 Å². The molecular formula is C30H29F4N5O2. The first-order valence-corrected chi connectivity index (χ1v) is 13.4. The predicted molar refractivity (Wildman–Crippen MR) is 146 cm³/mol. The number of hydrogen-bond acceptors (Lipinski definition) is 5. The van der Waals surface area contributed by atoms with Crippen LogP contribution in [0.1, 0.15) is 42.6 Å². The molecule has 214 valence electrons. The van der Waals surface area contributed by atoms with Crippen LogP contribution in [-0.4, -0.2) is 49.0 Å². The number of pyridine rings is 1. The minimum atomic E-state index is -5.09. The molecule has 1 N–H and O–H groups in total. The lowest BCUT2D eigenvalue weighted by atomic mass is 9.86. The Hall–Kier alpha value is -3.83. The quantitative estimate of drug-likeness (QED) is 0.255. The van der Waals surface area contributed by atoms with Crippen molar-refractivity contribution in [3.05, 3.63) is 77.4 Å². The zero-order valence-corrected chi connectivity index (χ0v) is 22.8. The van der Waals surface area contributed by atoms with Crippen LogP contribution < -0.4 is 0 Å². The van der Waals surface area contributed by atoms with Crippen LogP contribution in [0.2, 0.25) is 0 Å². The summed E-state index contributed by atoms with van der Waals surface area (Å²) >= 11 is 0. The topological polar surface area (TPSA) is 78.0 Å². The van der Waals surface area contributed by atoms with Crippen molar-refractivity contribution in [3.63, 3.8) is 0 Å². The molecule has 1 saturated heterocycles. The molecule has 2 atom stereocenters. The highest BCUT2D eigenvalue weighted by atomic mass is 19.4. The van der Waals surface area contributed by atoms with Crippen LogP contribution in [0.3, 0.4) is 0 Å². The van der Waals surface area contributed by atoms with Gasteiger partial charge in [-0.2, -0.15) is 13.2 Å². The molecule has 11 heteroatoms. The lowest BCUT2D eigenvalue weighted by Crippen LogP contribution is -2.40. The van der Waals surface area contributed by atoms with Crippen LogP contribution in [0, 0.1) is 18.7 Å². The number of aromatic nitrogens is 5. The second-order valence-corrected chi connectivity index (χ2v) is 10.8. The normalized spacial score (nSPS) is 17.3. The van der Waals surface area contributed by atoms with E-state index in [0.717, 1.165) is 17.3 Å². The smallest absolute Gasteiger partial charge is 0.381 e. The highest BCUT2D eigenvalue weighted by Gasteiger charge is 2.53. The summed E-state index contributed by atoms with van der Waals surface area (Å²) in [5.41, 5.74) is -0.303. The highest BCUT2D eigenvalue weighted by molar-refractivity contribution is 6.07. The summed E-state index contributed by atoms with van der Waals surface area (Å²) in [6, 6.07) is 13.4. The van der Waals surface area contributed by atoms with Gasteiger partial charge in [-0.25, -0.2) is 9.07 Å². The van der Waals surface area contributed by atoms with Gasteiger partial charge in [-0.1, -0.05) is 47.7 Å². The third-order valence-electron chi connectivity index (χ3n) is 8.22. The second-order valence-electron chi connectivity index (χ2n) is 10.8. The van der Waals surface area contributed by atoms with Gasteiger partial charge in [-0.05, 0) is 44.2 Å². The van der Waals surface area contributed by atoms with Gasteiger partial charge in [0.2, 0.25) is 0 Å². The van der Waals surface area contributed by atoms with Crippen LogP contribution in [0.5, 0.6) is 0 Å². The summed E-state index contributed by atoms with van der Waals surface area (Å²) in [5.74, 6) is -1.13. The van der Waals surface area contributed by atoms with E-state index in [4.69, 9.17) is 9.72 Å². The molecule has 6 rings (SSSR count). The van der Waals surface area contributed by atoms with E-state index in [9.17, 15) is 18.3 Å². The third-order valence-corrected chi connectivity index (χ3v) is 8.22. The number of rotatable bonds is 5. The maximum atomic E-state index is 16.6. The van der Waals surface area contributed by atoms with E-state index in [1.807, 2.05) is 43.3 Å². The Morgan fingerprint density at radius 3 is 2.41 bits per heavy atom. The maximum absolute atomic E-state index is 16.6. The fourth-order valence-corrected chi connectivity index (χ4v) is 6.07. The van der Waals surface area contributed by atoms with Gasteiger partial charge < -0.3 is 14.4 Å². The molecule has 0 bridgehead atoms. The predicted octanol–water partition coefficient (Wildman–Crippen LogP) is 6.22. The average Bonchev–Trinajstić information content (AvgIpc) is 3.46. The van der Waals surface area contributed by atoms with Crippen molar-refractivity contribution in [2.45, 2.75) is 44.5 Å². The van der Waals surface area contributed by atoms with Crippen molar-refractivity contribution in [1.29, 1.82) is 0 Å². The van der Waals surface area contributed by atoms with Gasteiger partial charge in [0.05, 0.1) is 34.0 Å². The maximum Gasteiger partial charge on any atom is 0.421 e. The lowest BCUT2D eigenvalue weighted by molar-refractivity contribution is -0.259. The number of hydrogen-bond donors (Lipinski definition) is 1. The summed E-state index contributed by atoms with van der Waals surface area (Å²) in [7, 11) is 1.76. The molecule has 0 unspecified atom stereocenters. The van der Waals surface area contributed by atoms with Gasteiger partial charge in [0.15, 0.2) is 11.4 Å². The van der Waals surface area contributed by atoms with E-state index in [1.165, 1.54) is 6.07 Å². The molecule has 0 saturated carbocycles. The van der Waals surface area contributed by atoms with Crippen molar-refractivity contribution in [2.75, 3.05) is 13.2 Å². The van der Waals surface area contributed by atoms with Crippen LogP contribution in [-0.2, 0) is 17.4 Å². The zero-order chi connectivity index (χ0) is 29.1. The highest BCUT2D eigenvalue weighted by Crippen LogP contribution is 2.45. The molecule has 0 amide bonds. The van der Waals surface area contributed by atoms with Crippen LogP contribution in [0.4, 0.5) is 17.6 Å². The van der Waals surface area contributed by atoms with Crippen molar-refractivity contribution in [2.24, 2.45) is 13.0 Å². The first-order chi connectivity index (χ1) is 19.5. The summed E-state index contributed by atoms with van der Waals surface area (Å²) in [5, 5.41) is 19.1. The number of halogens is 4. The molecule has 4 heterocycles. The number of aryl methyl sites for hydroxylation is 2. The molecular weight excluding hydrogens is 538 g/mol. The zero-order valence-electron chi connectivity index (χ0n) is 22.8. The number of aliphatic hydroxyl groups is 1. The SMILES string of the molecule is Cc1nnn(C)c1-c1cnc2c3ccc([C@@](C)(O)C(F)(F)F)c(F)c3n([C@H](c3ccccc3)C3CCOCC3)c2c1. The first-order valence-electron chi connectivity index (χ1n) is 13.4. The van der Waals surface area contributed by atoms with E-state index in [0.29, 0.717) is 60.7 Å². The van der Waals surface area contributed by atoms with Gasteiger partial charge in [0, 0.05) is 43.0 Å². The molecule has 5 aromatic rings. The Balaban J connectivity index is 1.73. The van der Waals surface area contributed by atoms with Crippen molar-refractivity contribution >= 4 is 21.9 Å². The molecule has 2 aromatic carbocycles. The number of fused-ring (bicyclic) bond motifs is 3.